The van der Waals surface area contributed by atoms with Gasteiger partial charge in [0.15, 0.2) is 0 Å². The molecule has 1 saturated heterocycles. The first-order chi connectivity index (χ1) is 17.1. The summed E-state index contributed by atoms with van der Waals surface area (Å²) in [6.45, 7) is 14.7. The summed E-state index contributed by atoms with van der Waals surface area (Å²) in [5.74, 6) is 0. The summed E-state index contributed by atoms with van der Waals surface area (Å²) in [4.78, 5) is 8.64. The highest BCUT2D eigenvalue weighted by atomic mass is 16.7. The van der Waals surface area contributed by atoms with Gasteiger partial charge in [0.1, 0.15) is 6.61 Å². The maximum Gasteiger partial charge on any atom is 0.101 e. The van der Waals surface area contributed by atoms with Crippen molar-refractivity contribution in [1.29, 1.82) is 0 Å². The second-order valence-corrected chi connectivity index (χ2v) is 9.64. The Bertz CT molecular complexity index is 1230. The first-order valence-corrected chi connectivity index (χ1v) is 12.7. The van der Waals surface area contributed by atoms with Crippen LogP contribution in [0.3, 0.4) is 0 Å². The molecule has 0 aromatic heterocycles. The smallest absolute Gasteiger partial charge is 0.101 e. The standard InChI is InChI=1S/C30H36N4O/c1-4-33(17-16-31)19-24-11-9-23(10-12-24)18-25-13-15-29-30-26(6-5-7-27(25)30)20-35-34(29)28-14-8-21(2)32-22(28)3/h5-7,9-13,15,28,32H,2-4,8,14,16-20,31H2,1H3. The molecular weight excluding hydrogens is 432 g/mol. The highest BCUT2D eigenvalue weighted by molar-refractivity contribution is 5.99. The topological polar surface area (TPSA) is 53.8 Å². The predicted octanol–water partition coefficient (Wildman–Crippen LogP) is 5.24. The van der Waals surface area contributed by atoms with E-state index in [0.717, 1.165) is 56.0 Å². The van der Waals surface area contributed by atoms with Crippen LogP contribution in [-0.4, -0.2) is 30.6 Å². The number of allylic oxidation sites excluding steroid dienone is 1. The van der Waals surface area contributed by atoms with Crippen LogP contribution in [-0.2, 0) is 24.4 Å². The van der Waals surface area contributed by atoms with Crippen LogP contribution in [0.1, 0.15) is 42.0 Å². The van der Waals surface area contributed by atoms with E-state index in [0.29, 0.717) is 13.2 Å². The SMILES string of the molecule is C=C1CCC(N2OCc3cccc4c(Cc5ccc(CN(CC)CCN)cc5)ccc2c34)C(=C)N1. The fraction of sp³-hybridized carbons (Fsp3) is 0.333. The molecule has 0 spiro atoms. The maximum absolute atomic E-state index is 6.26. The van der Waals surface area contributed by atoms with E-state index in [1.54, 1.807) is 0 Å². The lowest BCUT2D eigenvalue weighted by molar-refractivity contribution is 0.0725. The molecule has 3 aromatic rings. The van der Waals surface area contributed by atoms with E-state index >= 15 is 0 Å². The minimum Gasteiger partial charge on any atom is -0.361 e. The molecule has 0 aliphatic carbocycles. The molecule has 1 fully saturated rings. The molecule has 5 nitrogen and oxygen atoms in total. The number of hydroxylamine groups is 1. The average Bonchev–Trinajstić information content (AvgIpc) is 2.87. The van der Waals surface area contributed by atoms with Gasteiger partial charge in [0, 0.05) is 36.4 Å². The summed E-state index contributed by atoms with van der Waals surface area (Å²) >= 11 is 0. The van der Waals surface area contributed by atoms with E-state index in [1.165, 1.54) is 33.0 Å². The Morgan fingerprint density at radius 1 is 1.09 bits per heavy atom. The summed E-state index contributed by atoms with van der Waals surface area (Å²) in [5.41, 5.74) is 14.1. The molecule has 2 aliphatic rings. The van der Waals surface area contributed by atoms with Gasteiger partial charge < -0.3 is 11.1 Å². The van der Waals surface area contributed by atoms with Gasteiger partial charge in [0.2, 0.25) is 0 Å². The van der Waals surface area contributed by atoms with Gasteiger partial charge >= 0.3 is 0 Å². The normalized spacial score (nSPS) is 17.8. The van der Waals surface area contributed by atoms with Crippen molar-refractivity contribution >= 4 is 16.5 Å². The average molecular weight is 469 g/mol. The Labute approximate surface area is 208 Å². The highest BCUT2D eigenvalue weighted by Crippen LogP contribution is 2.40. The second kappa shape index (κ2) is 10.2. The minimum absolute atomic E-state index is 0.0948. The lowest BCUT2D eigenvalue weighted by atomic mass is 9.92. The number of benzene rings is 3. The van der Waals surface area contributed by atoms with E-state index in [-0.39, 0.29) is 6.04 Å². The molecule has 1 atom stereocenters. The van der Waals surface area contributed by atoms with Crippen LogP contribution >= 0.6 is 0 Å². The molecule has 0 amide bonds. The van der Waals surface area contributed by atoms with Gasteiger partial charge in [-0.1, -0.05) is 68.6 Å². The van der Waals surface area contributed by atoms with Gasteiger partial charge in [0.25, 0.3) is 0 Å². The van der Waals surface area contributed by atoms with Crippen LogP contribution in [0.15, 0.2) is 79.1 Å². The zero-order valence-electron chi connectivity index (χ0n) is 20.7. The Morgan fingerprint density at radius 3 is 2.63 bits per heavy atom. The summed E-state index contributed by atoms with van der Waals surface area (Å²) in [6.07, 6.45) is 2.77. The van der Waals surface area contributed by atoms with Crippen molar-refractivity contribution in [3.63, 3.8) is 0 Å². The van der Waals surface area contributed by atoms with Gasteiger partial charge in [-0.3, -0.25) is 9.74 Å². The van der Waals surface area contributed by atoms with Crippen LogP contribution in [0.5, 0.6) is 0 Å². The third-order valence-corrected chi connectivity index (χ3v) is 7.25. The van der Waals surface area contributed by atoms with Crippen LogP contribution in [0, 0.1) is 0 Å². The third kappa shape index (κ3) is 4.85. The number of piperidine rings is 1. The monoisotopic (exact) mass is 468 g/mol. The molecule has 0 radical (unpaired) electrons. The van der Waals surface area contributed by atoms with E-state index in [4.69, 9.17) is 10.6 Å². The molecule has 1 unspecified atom stereocenters. The Balaban J connectivity index is 1.41. The fourth-order valence-corrected chi connectivity index (χ4v) is 5.34. The number of anilines is 1. The van der Waals surface area contributed by atoms with Crippen LogP contribution < -0.4 is 16.1 Å². The largest absolute Gasteiger partial charge is 0.361 e. The third-order valence-electron chi connectivity index (χ3n) is 7.25. The number of likely N-dealkylation sites (N-methyl/N-ethyl adjacent to an activating group) is 1. The van der Waals surface area contributed by atoms with E-state index in [2.05, 4.69) is 90.0 Å². The lowest BCUT2D eigenvalue weighted by Gasteiger charge is -2.40. The van der Waals surface area contributed by atoms with Crippen LogP contribution in [0.25, 0.3) is 10.8 Å². The van der Waals surface area contributed by atoms with Crippen molar-refractivity contribution in [2.45, 2.75) is 45.4 Å². The zero-order chi connectivity index (χ0) is 24.4. The van der Waals surface area contributed by atoms with Crippen molar-refractivity contribution in [1.82, 2.24) is 10.2 Å². The number of nitrogens with one attached hydrogen (secondary N) is 1. The number of hydrogen-bond donors (Lipinski definition) is 2. The van der Waals surface area contributed by atoms with Gasteiger partial charge in [-0.2, -0.15) is 0 Å². The highest BCUT2D eigenvalue weighted by Gasteiger charge is 2.31. The number of nitrogens with two attached hydrogens (primary N) is 1. The van der Waals surface area contributed by atoms with E-state index in [9.17, 15) is 0 Å². The number of rotatable bonds is 8. The van der Waals surface area contributed by atoms with Crippen molar-refractivity contribution < 1.29 is 4.84 Å². The Morgan fingerprint density at radius 2 is 1.89 bits per heavy atom. The first kappa shape index (κ1) is 23.6. The first-order valence-electron chi connectivity index (χ1n) is 12.7. The molecule has 182 valence electrons. The predicted molar refractivity (Wildman–Crippen MR) is 145 cm³/mol. The second-order valence-electron chi connectivity index (χ2n) is 9.64. The molecule has 2 heterocycles. The van der Waals surface area contributed by atoms with Gasteiger partial charge in [-0.15, -0.1) is 0 Å². The quantitative estimate of drug-likeness (QED) is 0.473. The summed E-state index contributed by atoms with van der Waals surface area (Å²) in [7, 11) is 0. The molecule has 35 heavy (non-hydrogen) atoms. The zero-order valence-corrected chi connectivity index (χ0v) is 20.7. The molecule has 0 bridgehead atoms. The number of nitrogens with zero attached hydrogens (tertiary/aromatic N) is 2. The van der Waals surface area contributed by atoms with Crippen molar-refractivity contribution in [3.8, 4) is 0 Å². The molecular formula is C30H36N4O. The van der Waals surface area contributed by atoms with Crippen molar-refractivity contribution in [2.75, 3.05) is 24.7 Å². The fourth-order valence-electron chi connectivity index (χ4n) is 5.34. The molecule has 5 rings (SSSR count). The van der Waals surface area contributed by atoms with Crippen molar-refractivity contribution in [3.05, 3.63) is 101 Å². The van der Waals surface area contributed by atoms with Crippen LogP contribution in [0.4, 0.5) is 5.69 Å². The molecule has 3 aromatic carbocycles. The Hall–Kier alpha value is -3.12. The van der Waals surface area contributed by atoms with Crippen LogP contribution in [0.2, 0.25) is 0 Å². The summed E-state index contributed by atoms with van der Waals surface area (Å²) in [6, 6.07) is 20.2. The number of hydrogen-bond acceptors (Lipinski definition) is 5. The van der Waals surface area contributed by atoms with Gasteiger partial charge in [-0.25, -0.2) is 5.06 Å². The lowest BCUT2D eigenvalue weighted by Crippen LogP contribution is -2.44. The van der Waals surface area contributed by atoms with Crippen molar-refractivity contribution in [2.24, 2.45) is 5.73 Å². The summed E-state index contributed by atoms with van der Waals surface area (Å²) < 4.78 is 0. The van der Waals surface area contributed by atoms with Gasteiger partial charge in [-0.05, 0) is 59.5 Å². The molecule has 2 aliphatic heterocycles. The minimum atomic E-state index is 0.0948. The summed E-state index contributed by atoms with van der Waals surface area (Å²) in [5, 5.41) is 8.00. The maximum atomic E-state index is 6.26. The molecule has 0 saturated carbocycles. The van der Waals surface area contributed by atoms with Gasteiger partial charge in [0.05, 0.1) is 11.7 Å². The van der Waals surface area contributed by atoms with E-state index < -0.39 is 0 Å². The Kier molecular flexibility index (Phi) is 6.91. The molecule has 5 heteroatoms. The molecule has 3 N–H and O–H groups in total. The van der Waals surface area contributed by atoms with E-state index in [1.807, 2.05) is 0 Å².